The van der Waals surface area contributed by atoms with Gasteiger partial charge in [0.25, 0.3) is 0 Å². The first-order valence-corrected chi connectivity index (χ1v) is 5.59. The quantitative estimate of drug-likeness (QED) is 0.808. The minimum Gasteiger partial charge on any atom is -0.488 e. The van der Waals surface area contributed by atoms with Gasteiger partial charge in [0.1, 0.15) is 18.1 Å². The van der Waals surface area contributed by atoms with Crippen molar-refractivity contribution in [3.8, 4) is 5.75 Å². The molecule has 0 aliphatic rings. The van der Waals surface area contributed by atoms with Crippen LogP contribution < -0.4 is 4.74 Å². The Balaban J connectivity index is 2.54. The SMILES string of the molecule is CC(=O)Cc1ccc(OC/C(Cl)=C/Cl)cc1. The van der Waals surface area contributed by atoms with E-state index in [1.165, 1.54) is 5.54 Å². The zero-order valence-electron chi connectivity index (χ0n) is 8.87. The highest BCUT2D eigenvalue weighted by Crippen LogP contribution is 2.14. The smallest absolute Gasteiger partial charge is 0.134 e. The lowest BCUT2D eigenvalue weighted by Gasteiger charge is -2.05. The molecule has 0 spiro atoms. The van der Waals surface area contributed by atoms with Crippen molar-refractivity contribution in [2.75, 3.05) is 6.61 Å². The summed E-state index contributed by atoms with van der Waals surface area (Å²) in [6, 6.07) is 7.32. The van der Waals surface area contributed by atoms with E-state index in [9.17, 15) is 4.79 Å². The Hall–Kier alpha value is -0.990. The van der Waals surface area contributed by atoms with Crippen LogP contribution in [0.1, 0.15) is 12.5 Å². The molecule has 16 heavy (non-hydrogen) atoms. The number of carbonyl (C=O) groups is 1. The van der Waals surface area contributed by atoms with Crippen LogP contribution in [0.3, 0.4) is 0 Å². The molecule has 0 aliphatic carbocycles. The molecule has 0 saturated heterocycles. The molecule has 1 aromatic carbocycles. The molecule has 86 valence electrons. The number of halogens is 2. The molecule has 1 aromatic rings. The third kappa shape index (κ3) is 4.69. The van der Waals surface area contributed by atoms with E-state index >= 15 is 0 Å². The second-order valence-electron chi connectivity index (χ2n) is 3.37. The van der Waals surface area contributed by atoms with Crippen molar-refractivity contribution < 1.29 is 9.53 Å². The molecule has 1 rings (SSSR count). The second kappa shape index (κ2) is 6.56. The maximum Gasteiger partial charge on any atom is 0.134 e. The monoisotopic (exact) mass is 258 g/mol. The number of ether oxygens (including phenoxy) is 1. The molecule has 2 nitrogen and oxygen atoms in total. The Morgan fingerprint density at radius 1 is 1.38 bits per heavy atom. The number of ketones is 1. The summed E-state index contributed by atoms with van der Waals surface area (Å²) in [7, 11) is 0. The van der Waals surface area contributed by atoms with E-state index in [4.69, 9.17) is 27.9 Å². The molecular formula is C12H12Cl2O2. The Morgan fingerprint density at radius 3 is 2.50 bits per heavy atom. The number of Topliss-reactive ketones (excluding diaryl/α,β-unsaturated/α-hetero) is 1. The van der Waals surface area contributed by atoms with Crippen molar-refractivity contribution in [1.82, 2.24) is 0 Å². The van der Waals surface area contributed by atoms with Crippen molar-refractivity contribution in [2.45, 2.75) is 13.3 Å². The summed E-state index contributed by atoms with van der Waals surface area (Å²) in [5.74, 6) is 0.839. The topological polar surface area (TPSA) is 26.3 Å². The maximum atomic E-state index is 10.9. The van der Waals surface area contributed by atoms with Crippen molar-refractivity contribution in [3.63, 3.8) is 0 Å². The van der Waals surface area contributed by atoms with Gasteiger partial charge in [-0.1, -0.05) is 35.3 Å². The van der Waals surface area contributed by atoms with Gasteiger partial charge >= 0.3 is 0 Å². The van der Waals surface area contributed by atoms with Crippen molar-refractivity contribution >= 4 is 29.0 Å². The van der Waals surface area contributed by atoms with Crippen molar-refractivity contribution in [2.24, 2.45) is 0 Å². The van der Waals surface area contributed by atoms with Gasteiger partial charge < -0.3 is 4.74 Å². The minimum atomic E-state index is 0.141. The van der Waals surface area contributed by atoms with Crippen molar-refractivity contribution in [1.29, 1.82) is 0 Å². The number of hydrogen-bond donors (Lipinski definition) is 0. The standard InChI is InChI=1S/C12H12Cl2O2/c1-9(15)6-10-2-4-12(5-3-10)16-8-11(14)7-13/h2-5,7H,6,8H2,1H3/b11-7-. The van der Waals surface area contributed by atoms with E-state index in [0.717, 1.165) is 5.56 Å². The number of rotatable bonds is 5. The predicted octanol–water partition coefficient (Wildman–Crippen LogP) is 3.52. The summed E-state index contributed by atoms with van der Waals surface area (Å²) in [6.45, 7) is 1.81. The van der Waals surface area contributed by atoms with Crippen LogP contribution in [0.4, 0.5) is 0 Å². The number of benzene rings is 1. The van der Waals surface area contributed by atoms with Crippen molar-refractivity contribution in [3.05, 3.63) is 40.4 Å². The first kappa shape index (κ1) is 13.1. The summed E-state index contributed by atoms with van der Waals surface area (Å²) in [5, 5.41) is 0.439. The number of carbonyl (C=O) groups excluding carboxylic acids is 1. The fourth-order valence-electron chi connectivity index (χ4n) is 1.17. The molecule has 4 heteroatoms. The molecule has 0 aliphatic heterocycles. The molecule has 0 fully saturated rings. The summed E-state index contributed by atoms with van der Waals surface area (Å²) < 4.78 is 5.35. The van der Waals surface area contributed by atoms with Gasteiger partial charge in [-0.2, -0.15) is 0 Å². The molecule has 0 atom stereocenters. The van der Waals surface area contributed by atoms with E-state index in [1.807, 2.05) is 12.1 Å². The van der Waals surface area contributed by atoms with Crippen LogP contribution in [-0.4, -0.2) is 12.4 Å². The maximum absolute atomic E-state index is 10.9. The molecule has 0 heterocycles. The lowest BCUT2D eigenvalue weighted by molar-refractivity contribution is -0.116. The lowest BCUT2D eigenvalue weighted by atomic mass is 10.1. The van der Waals surface area contributed by atoms with Gasteiger partial charge in [0.2, 0.25) is 0 Å². The molecule has 0 aromatic heterocycles. The zero-order valence-corrected chi connectivity index (χ0v) is 10.4. The molecule has 0 bridgehead atoms. The van der Waals surface area contributed by atoms with Gasteiger partial charge in [-0.15, -0.1) is 0 Å². The zero-order chi connectivity index (χ0) is 12.0. The first-order valence-electron chi connectivity index (χ1n) is 4.77. The van der Waals surface area contributed by atoms with E-state index in [0.29, 0.717) is 17.2 Å². The molecule has 0 amide bonds. The van der Waals surface area contributed by atoms with Crippen LogP contribution in [-0.2, 0) is 11.2 Å². The van der Waals surface area contributed by atoms with Gasteiger partial charge in [-0.05, 0) is 24.6 Å². The van der Waals surface area contributed by atoms with Gasteiger partial charge in [0.15, 0.2) is 0 Å². The van der Waals surface area contributed by atoms with Gasteiger partial charge in [0.05, 0.1) is 5.03 Å². The summed E-state index contributed by atoms with van der Waals surface area (Å²) in [5.41, 5.74) is 2.24. The van der Waals surface area contributed by atoms with Crippen LogP contribution in [0.15, 0.2) is 34.8 Å². The van der Waals surface area contributed by atoms with Crippen LogP contribution in [0.5, 0.6) is 5.75 Å². The Kier molecular flexibility index (Phi) is 5.36. The summed E-state index contributed by atoms with van der Waals surface area (Å²) in [6.07, 6.45) is 0.447. The van der Waals surface area contributed by atoms with Crippen LogP contribution >= 0.6 is 23.2 Å². The fourth-order valence-corrected chi connectivity index (χ4v) is 1.29. The van der Waals surface area contributed by atoms with Gasteiger partial charge in [-0.25, -0.2) is 0 Å². The molecule has 0 unspecified atom stereocenters. The Labute approximate surface area is 105 Å². The molecule has 0 N–H and O–H groups in total. The highest BCUT2D eigenvalue weighted by molar-refractivity contribution is 6.36. The van der Waals surface area contributed by atoms with Crippen LogP contribution in [0.2, 0.25) is 0 Å². The Morgan fingerprint density at radius 2 is 2.00 bits per heavy atom. The number of hydrogen-bond acceptors (Lipinski definition) is 2. The Bertz CT molecular complexity index is 383. The molecule has 0 radical (unpaired) electrons. The highest BCUT2D eigenvalue weighted by Gasteiger charge is 1.99. The average Bonchev–Trinajstić information content (AvgIpc) is 2.27. The van der Waals surface area contributed by atoms with E-state index in [2.05, 4.69) is 0 Å². The predicted molar refractivity (Wildman–Crippen MR) is 66.1 cm³/mol. The fraction of sp³-hybridized carbons (Fsp3) is 0.250. The average molecular weight is 259 g/mol. The van der Waals surface area contributed by atoms with E-state index in [1.54, 1.807) is 19.1 Å². The molecule has 0 saturated carbocycles. The molecular weight excluding hydrogens is 247 g/mol. The van der Waals surface area contributed by atoms with E-state index in [-0.39, 0.29) is 12.4 Å². The second-order valence-corrected chi connectivity index (χ2v) is 4.07. The van der Waals surface area contributed by atoms with Gasteiger partial charge in [-0.3, -0.25) is 4.79 Å². The van der Waals surface area contributed by atoms with Gasteiger partial charge in [0, 0.05) is 12.0 Å². The van der Waals surface area contributed by atoms with E-state index < -0.39 is 0 Å². The minimum absolute atomic E-state index is 0.141. The largest absolute Gasteiger partial charge is 0.488 e. The normalized spacial score (nSPS) is 11.3. The first-order chi connectivity index (χ1) is 7.61. The summed E-state index contributed by atoms with van der Waals surface area (Å²) >= 11 is 11.1. The third-order valence-corrected chi connectivity index (χ3v) is 2.46. The third-order valence-electron chi connectivity index (χ3n) is 1.87. The highest BCUT2D eigenvalue weighted by atomic mass is 35.5. The lowest BCUT2D eigenvalue weighted by Crippen LogP contribution is -1.98. The summed E-state index contributed by atoms with van der Waals surface area (Å²) in [4.78, 5) is 10.9. The van der Waals surface area contributed by atoms with Crippen LogP contribution in [0.25, 0.3) is 0 Å². The van der Waals surface area contributed by atoms with Crippen LogP contribution in [0, 0.1) is 0 Å².